The van der Waals surface area contributed by atoms with Gasteiger partial charge in [0.15, 0.2) is 0 Å². The molecule has 1 N–H and O–H groups in total. The predicted molar refractivity (Wildman–Crippen MR) is 85.3 cm³/mol. The fourth-order valence-corrected chi connectivity index (χ4v) is 3.35. The number of hydrogen-bond acceptors (Lipinski definition) is 2. The quantitative estimate of drug-likeness (QED) is 0.852. The maximum absolute atomic E-state index is 13.0. The summed E-state index contributed by atoms with van der Waals surface area (Å²) in [5.41, 5.74) is 1.67. The van der Waals surface area contributed by atoms with Gasteiger partial charge in [-0.15, -0.1) is 6.42 Å². The van der Waals surface area contributed by atoms with Crippen molar-refractivity contribution in [3.8, 4) is 12.3 Å². The van der Waals surface area contributed by atoms with Crippen molar-refractivity contribution in [2.45, 2.75) is 12.3 Å². The number of halogens is 2. The van der Waals surface area contributed by atoms with Crippen LogP contribution in [0.5, 0.6) is 0 Å². The molecule has 0 atom stereocenters. The highest BCUT2D eigenvalue weighted by molar-refractivity contribution is 7.88. The third-order valence-electron chi connectivity index (χ3n) is 3.02. The summed E-state index contributed by atoms with van der Waals surface area (Å²) in [6.07, 6.45) is 5.37. The van der Waals surface area contributed by atoms with E-state index in [1.165, 1.54) is 12.1 Å². The summed E-state index contributed by atoms with van der Waals surface area (Å²) >= 11 is 5.84. The molecule has 0 aliphatic heterocycles. The first-order chi connectivity index (χ1) is 10.4. The molecule has 0 saturated carbocycles. The monoisotopic (exact) mass is 337 g/mol. The van der Waals surface area contributed by atoms with Gasteiger partial charge >= 0.3 is 0 Å². The van der Waals surface area contributed by atoms with Crippen LogP contribution in [-0.4, -0.2) is 8.42 Å². The van der Waals surface area contributed by atoms with Gasteiger partial charge < -0.3 is 0 Å². The first-order valence-electron chi connectivity index (χ1n) is 6.37. The van der Waals surface area contributed by atoms with Crippen LogP contribution in [0.4, 0.5) is 4.39 Å². The molecule has 22 heavy (non-hydrogen) atoms. The van der Waals surface area contributed by atoms with Gasteiger partial charge in [0.25, 0.3) is 0 Å². The van der Waals surface area contributed by atoms with Crippen LogP contribution in [0.25, 0.3) is 0 Å². The van der Waals surface area contributed by atoms with E-state index in [1.807, 2.05) is 0 Å². The van der Waals surface area contributed by atoms with Crippen LogP contribution < -0.4 is 4.72 Å². The number of hydrogen-bond donors (Lipinski definition) is 1. The molecule has 0 amide bonds. The van der Waals surface area contributed by atoms with Crippen molar-refractivity contribution in [3.63, 3.8) is 0 Å². The Morgan fingerprint density at radius 1 is 1.18 bits per heavy atom. The molecule has 0 bridgehead atoms. The van der Waals surface area contributed by atoms with E-state index in [2.05, 4.69) is 10.6 Å². The molecule has 0 aliphatic rings. The van der Waals surface area contributed by atoms with Crippen molar-refractivity contribution in [1.82, 2.24) is 4.72 Å². The van der Waals surface area contributed by atoms with Crippen molar-refractivity contribution in [2.24, 2.45) is 0 Å². The van der Waals surface area contributed by atoms with Gasteiger partial charge in [-0.05, 0) is 29.3 Å². The highest BCUT2D eigenvalue weighted by Crippen LogP contribution is 2.19. The summed E-state index contributed by atoms with van der Waals surface area (Å²) < 4.78 is 39.6. The Labute approximate surface area is 134 Å². The third kappa shape index (κ3) is 4.31. The van der Waals surface area contributed by atoms with Crippen LogP contribution in [-0.2, 0) is 22.3 Å². The fourth-order valence-electron chi connectivity index (χ4n) is 1.90. The number of nitrogens with one attached hydrogen (secondary N) is 1. The van der Waals surface area contributed by atoms with E-state index < -0.39 is 15.8 Å². The topological polar surface area (TPSA) is 46.2 Å². The van der Waals surface area contributed by atoms with E-state index in [-0.39, 0.29) is 17.3 Å². The molecule has 0 aromatic heterocycles. The lowest BCUT2D eigenvalue weighted by atomic mass is 10.1. The highest BCUT2D eigenvalue weighted by Gasteiger charge is 2.14. The molecule has 0 fully saturated rings. The average molecular weight is 338 g/mol. The van der Waals surface area contributed by atoms with Gasteiger partial charge in [-0.3, -0.25) is 0 Å². The van der Waals surface area contributed by atoms with Gasteiger partial charge in [0, 0.05) is 17.1 Å². The number of benzene rings is 2. The molecule has 0 saturated heterocycles. The van der Waals surface area contributed by atoms with E-state index in [4.69, 9.17) is 18.0 Å². The van der Waals surface area contributed by atoms with Gasteiger partial charge in [-0.25, -0.2) is 17.5 Å². The molecule has 2 aromatic rings. The SMILES string of the molecule is C#Cc1ccccc1CNS(=O)(=O)Cc1ccc(F)cc1Cl. The Bertz CT molecular complexity index is 828. The second-order valence-corrected chi connectivity index (χ2v) is 6.83. The standard InChI is InChI=1S/C16H13ClFNO2S/c1-2-12-5-3-4-6-13(12)10-19-22(20,21)11-14-7-8-15(18)9-16(14)17/h1,3-9,19H,10-11H2. The molecular weight excluding hydrogens is 325 g/mol. The zero-order valence-corrected chi connectivity index (χ0v) is 13.1. The molecule has 6 heteroatoms. The zero-order chi connectivity index (χ0) is 16.2. The summed E-state index contributed by atoms with van der Waals surface area (Å²) in [4.78, 5) is 0. The van der Waals surface area contributed by atoms with Crippen LogP contribution in [0.3, 0.4) is 0 Å². The molecule has 0 unspecified atom stereocenters. The van der Waals surface area contributed by atoms with Crippen molar-refractivity contribution in [2.75, 3.05) is 0 Å². The van der Waals surface area contributed by atoms with Crippen LogP contribution in [0.15, 0.2) is 42.5 Å². The van der Waals surface area contributed by atoms with Crippen molar-refractivity contribution in [1.29, 1.82) is 0 Å². The van der Waals surface area contributed by atoms with Crippen LogP contribution >= 0.6 is 11.6 Å². The number of rotatable bonds is 5. The van der Waals surface area contributed by atoms with E-state index in [9.17, 15) is 12.8 Å². The lowest BCUT2D eigenvalue weighted by Crippen LogP contribution is -2.25. The van der Waals surface area contributed by atoms with Crippen molar-refractivity contribution < 1.29 is 12.8 Å². The Morgan fingerprint density at radius 2 is 1.91 bits per heavy atom. The average Bonchev–Trinajstić information content (AvgIpc) is 2.48. The van der Waals surface area contributed by atoms with Crippen LogP contribution in [0.1, 0.15) is 16.7 Å². The van der Waals surface area contributed by atoms with E-state index >= 15 is 0 Å². The number of terminal acetylenes is 1. The van der Waals surface area contributed by atoms with Gasteiger partial charge in [-0.1, -0.05) is 41.8 Å². The molecule has 2 aromatic carbocycles. The zero-order valence-electron chi connectivity index (χ0n) is 11.5. The maximum atomic E-state index is 13.0. The summed E-state index contributed by atoms with van der Waals surface area (Å²) in [5.74, 6) is 1.66. The van der Waals surface area contributed by atoms with E-state index in [1.54, 1.807) is 24.3 Å². The summed E-state index contributed by atoms with van der Waals surface area (Å²) in [5, 5.41) is 0.0781. The molecule has 2 rings (SSSR count). The molecule has 0 heterocycles. The minimum Gasteiger partial charge on any atom is -0.212 e. The highest BCUT2D eigenvalue weighted by atomic mass is 35.5. The van der Waals surface area contributed by atoms with Gasteiger partial charge in [0.1, 0.15) is 5.82 Å². The fraction of sp³-hybridized carbons (Fsp3) is 0.125. The largest absolute Gasteiger partial charge is 0.216 e. The molecule has 0 spiro atoms. The molecular formula is C16H13ClFNO2S. The lowest BCUT2D eigenvalue weighted by Gasteiger charge is -2.09. The normalized spacial score (nSPS) is 11.1. The molecule has 3 nitrogen and oxygen atoms in total. The number of sulfonamides is 1. The van der Waals surface area contributed by atoms with Gasteiger partial charge in [-0.2, -0.15) is 0 Å². The summed E-state index contributed by atoms with van der Waals surface area (Å²) in [6, 6.07) is 10.7. The van der Waals surface area contributed by atoms with Crippen LogP contribution in [0, 0.1) is 18.2 Å². The minimum atomic E-state index is -3.62. The van der Waals surface area contributed by atoms with Crippen LogP contribution in [0.2, 0.25) is 5.02 Å². The Kier molecular flexibility index (Phi) is 5.19. The Hall–Kier alpha value is -1.87. The predicted octanol–water partition coefficient (Wildman–Crippen LogP) is 3.08. The maximum Gasteiger partial charge on any atom is 0.216 e. The van der Waals surface area contributed by atoms with Gasteiger partial charge in [0.05, 0.1) is 5.75 Å². The molecule has 0 radical (unpaired) electrons. The van der Waals surface area contributed by atoms with E-state index in [0.717, 1.165) is 6.07 Å². The van der Waals surface area contributed by atoms with Gasteiger partial charge in [0.2, 0.25) is 10.0 Å². The molecule has 114 valence electrons. The summed E-state index contributed by atoms with van der Waals surface area (Å²) in [7, 11) is -3.62. The second kappa shape index (κ2) is 6.93. The van der Waals surface area contributed by atoms with Crippen molar-refractivity contribution >= 4 is 21.6 Å². The van der Waals surface area contributed by atoms with E-state index in [0.29, 0.717) is 16.7 Å². The second-order valence-electron chi connectivity index (χ2n) is 4.62. The summed E-state index contributed by atoms with van der Waals surface area (Å²) in [6.45, 7) is 0.0848. The molecule has 0 aliphatic carbocycles. The first-order valence-corrected chi connectivity index (χ1v) is 8.40. The smallest absolute Gasteiger partial charge is 0.212 e. The first kappa shape index (κ1) is 16.5. The Balaban J connectivity index is 2.10. The van der Waals surface area contributed by atoms with Crippen molar-refractivity contribution in [3.05, 3.63) is 70.0 Å². The third-order valence-corrected chi connectivity index (χ3v) is 4.64. The lowest BCUT2D eigenvalue weighted by molar-refractivity contribution is 0.580. The minimum absolute atomic E-state index is 0.0781. The Morgan fingerprint density at radius 3 is 2.59 bits per heavy atom.